The number of carboxylic acid groups (broad SMARTS) is 1. The Hall–Kier alpha value is -3.25. The molecule has 0 bridgehead atoms. The molecular formula is C24H17F3O2S. The molecule has 2 aromatic carbocycles. The molecule has 2 aliphatic rings. The molecule has 0 amide bonds. The van der Waals surface area contributed by atoms with Crippen molar-refractivity contribution in [2.24, 2.45) is 0 Å². The van der Waals surface area contributed by atoms with E-state index in [2.05, 4.69) is 103 Å². The summed E-state index contributed by atoms with van der Waals surface area (Å²) >= 11 is 0. The predicted molar refractivity (Wildman–Crippen MR) is 109 cm³/mol. The Labute approximate surface area is 175 Å². The molecule has 4 rings (SSSR count). The summed E-state index contributed by atoms with van der Waals surface area (Å²) in [5.41, 5.74) is 2.64. The standard InChI is InChI=1S/C22H17S.C2HF3O2/c1-4-10-18-16-17-22(21(18)15-9-1)23(19-11-5-2-6-12-19)20-13-7-3-8-14-20;3-2(4,5)1(6)7/h1-17H;(H,6,7)/q+1;/p-1. The number of rotatable bonds is 3. The van der Waals surface area contributed by atoms with Crippen LogP contribution in [0.25, 0.3) is 11.1 Å². The number of carbonyl (C=O) groups excluding carboxylic acids is 1. The molecule has 0 saturated heterocycles. The first-order valence-corrected chi connectivity index (χ1v) is 10.2. The van der Waals surface area contributed by atoms with Gasteiger partial charge in [-0.15, -0.1) is 0 Å². The van der Waals surface area contributed by atoms with E-state index >= 15 is 0 Å². The first-order chi connectivity index (χ1) is 14.4. The van der Waals surface area contributed by atoms with Gasteiger partial charge in [0.05, 0.1) is 10.9 Å². The summed E-state index contributed by atoms with van der Waals surface area (Å²) in [6.45, 7) is 0. The number of carboxylic acids is 1. The molecular weight excluding hydrogens is 409 g/mol. The normalized spacial score (nSPS) is 11.1. The van der Waals surface area contributed by atoms with Gasteiger partial charge in [0, 0.05) is 5.56 Å². The van der Waals surface area contributed by atoms with E-state index in [1.54, 1.807) is 0 Å². The number of hydrogen-bond donors (Lipinski definition) is 0. The molecule has 0 heterocycles. The van der Waals surface area contributed by atoms with Crippen molar-refractivity contribution in [1.82, 2.24) is 0 Å². The average Bonchev–Trinajstić information content (AvgIpc) is 2.97. The van der Waals surface area contributed by atoms with Crippen LogP contribution in [0.1, 0.15) is 0 Å². The molecule has 0 aliphatic heterocycles. The summed E-state index contributed by atoms with van der Waals surface area (Å²) in [6.07, 6.45) is -5.19. The lowest BCUT2D eigenvalue weighted by atomic mass is 10.2. The van der Waals surface area contributed by atoms with Crippen molar-refractivity contribution >= 4 is 16.9 Å². The van der Waals surface area contributed by atoms with E-state index in [-0.39, 0.29) is 10.9 Å². The van der Waals surface area contributed by atoms with E-state index in [1.807, 2.05) is 0 Å². The Morgan fingerprint density at radius 3 is 1.57 bits per heavy atom. The van der Waals surface area contributed by atoms with Crippen LogP contribution in [0.5, 0.6) is 0 Å². The highest BCUT2D eigenvalue weighted by atomic mass is 32.2. The SMILES string of the molecule is O=C([O-])C(F)(F)F.c1ccc([S+](c2ccccc2)c2ccc3cccccc2-3)cc1. The van der Waals surface area contributed by atoms with E-state index in [1.165, 1.54) is 25.8 Å². The number of carbonyl (C=O) groups is 1. The van der Waals surface area contributed by atoms with E-state index in [4.69, 9.17) is 9.90 Å². The van der Waals surface area contributed by atoms with Gasteiger partial charge in [-0.1, -0.05) is 60.7 Å². The Kier molecular flexibility index (Phi) is 6.79. The summed E-state index contributed by atoms with van der Waals surface area (Å²) in [6, 6.07) is 36.9. The van der Waals surface area contributed by atoms with Crippen LogP contribution in [0.15, 0.2) is 118 Å². The third-order valence-electron chi connectivity index (χ3n) is 4.16. The van der Waals surface area contributed by atoms with Crippen LogP contribution in [0, 0.1) is 0 Å². The predicted octanol–water partition coefficient (Wildman–Crippen LogP) is 5.19. The zero-order chi connectivity index (χ0) is 21.6. The van der Waals surface area contributed by atoms with Crippen LogP contribution in [-0.2, 0) is 15.7 Å². The summed E-state index contributed by atoms with van der Waals surface area (Å²) in [5, 5.41) is 8.78. The van der Waals surface area contributed by atoms with Gasteiger partial charge in [0.15, 0.2) is 14.7 Å². The van der Waals surface area contributed by atoms with Crippen LogP contribution < -0.4 is 5.11 Å². The van der Waals surface area contributed by atoms with Crippen LogP contribution in [0.3, 0.4) is 0 Å². The molecule has 152 valence electrons. The highest BCUT2D eigenvalue weighted by Gasteiger charge is 2.32. The zero-order valence-corrected chi connectivity index (χ0v) is 16.5. The summed E-state index contributed by atoms with van der Waals surface area (Å²) in [5.74, 6) is -3.01. The number of aliphatic carboxylic acids is 1. The molecule has 30 heavy (non-hydrogen) atoms. The van der Waals surface area contributed by atoms with Crippen LogP contribution in [0.2, 0.25) is 0 Å². The van der Waals surface area contributed by atoms with Gasteiger partial charge < -0.3 is 9.90 Å². The molecule has 0 saturated carbocycles. The second kappa shape index (κ2) is 9.50. The Morgan fingerprint density at radius 1 is 0.667 bits per heavy atom. The van der Waals surface area contributed by atoms with Gasteiger partial charge in [0.1, 0.15) is 5.97 Å². The van der Waals surface area contributed by atoms with Crippen molar-refractivity contribution in [3.63, 3.8) is 0 Å². The molecule has 2 nitrogen and oxygen atoms in total. The third-order valence-corrected chi connectivity index (χ3v) is 6.44. The highest BCUT2D eigenvalue weighted by molar-refractivity contribution is 7.97. The maximum atomic E-state index is 10.5. The van der Waals surface area contributed by atoms with Crippen molar-refractivity contribution in [3.8, 4) is 11.1 Å². The number of alkyl halides is 3. The second-order valence-corrected chi connectivity index (χ2v) is 8.19. The van der Waals surface area contributed by atoms with Crippen LogP contribution >= 0.6 is 0 Å². The lowest BCUT2D eigenvalue weighted by Gasteiger charge is -2.08. The van der Waals surface area contributed by atoms with E-state index in [0.29, 0.717) is 0 Å². The van der Waals surface area contributed by atoms with Gasteiger partial charge in [-0.25, -0.2) is 0 Å². The van der Waals surface area contributed by atoms with Gasteiger partial charge in [-0.05, 0) is 48.0 Å². The van der Waals surface area contributed by atoms with Gasteiger partial charge in [-0.3, -0.25) is 0 Å². The highest BCUT2D eigenvalue weighted by Crippen LogP contribution is 2.39. The number of halogens is 3. The zero-order valence-electron chi connectivity index (χ0n) is 15.7. The summed E-state index contributed by atoms with van der Waals surface area (Å²) in [4.78, 5) is 12.9. The number of fused-ring (bicyclic) bond motifs is 1. The second-order valence-electron chi connectivity index (χ2n) is 6.19. The smallest absolute Gasteiger partial charge is 0.430 e. The lowest BCUT2D eigenvalue weighted by molar-refractivity contribution is -0.344. The first-order valence-electron chi connectivity index (χ1n) is 8.98. The molecule has 0 unspecified atom stereocenters. The number of benzene rings is 2. The van der Waals surface area contributed by atoms with Gasteiger partial charge in [-0.2, -0.15) is 13.2 Å². The quantitative estimate of drug-likeness (QED) is 0.423. The third kappa shape index (κ3) is 5.21. The topological polar surface area (TPSA) is 40.1 Å². The maximum absolute atomic E-state index is 10.5. The minimum absolute atomic E-state index is 0.0797. The van der Waals surface area contributed by atoms with Crippen LogP contribution in [-0.4, -0.2) is 12.1 Å². The summed E-state index contributed by atoms with van der Waals surface area (Å²) in [7, 11) is -0.0797. The lowest BCUT2D eigenvalue weighted by Crippen LogP contribution is -2.37. The van der Waals surface area contributed by atoms with E-state index in [9.17, 15) is 13.2 Å². The monoisotopic (exact) mass is 426 g/mol. The van der Waals surface area contributed by atoms with Gasteiger partial charge in [0.2, 0.25) is 0 Å². The Balaban J connectivity index is 0.000000318. The molecule has 0 N–H and O–H groups in total. The minimum Gasteiger partial charge on any atom is -0.542 e. The number of hydrogen-bond acceptors (Lipinski definition) is 2. The molecule has 0 spiro atoms. The van der Waals surface area contributed by atoms with E-state index < -0.39 is 12.1 Å². The summed E-state index contributed by atoms with van der Waals surface area (Å²) < 4.78 is 31.5. The maximum Gasteiger partial charge on any atom is 0.430 e. The van der Waals surface area contributed by atoms with Crippen LogP contribution in [0.4, 0.5) is 13.2 Å². The average molecular weight is 426 g/mol. The van der Waals surface area contributed by atoms with Crippen molar-refractivity contribution in [3.05, 3.63) is 103 Å². The van der Waals surface area contributed by atoms with Gasteiger partial charge >= 0.3 is 6.18 Å². The van der Waals surface area contributed by atoms with Crippen molar-refractivity contribution < 1.29 is 23.1 Å². The first kappa shape index (κ1) is 21.5. The van der Waals surface area contributed by atoms with Gasteiger partial charge in [0.25, 0.3) is 0 Å². The molecule has 2 aromatic rings. The molecule has 0 radical (unpaired) electrons. The minimum atomic E-state index is -5.19. The van der Waals surface area contributed by atoms with E-state index in [0.717, 1.165) is 0 Å². The fourth-order valence-electron chi connectivity index (χ4n) is 2.87. The molecule has 0 aromatic heterocycles. The fraction of sp³-hybridized carbons (Fsp3) is 0.0417. The molecule has 2 aliphatic carbocycles. The molecule has 0 fully saturated rings. The van der Waals surface area contributed by atoms with Crippen molar-refractivity contribution in [1.29, 1.82) is 0 Å². The largest absolute Gasteiger partial charge is 0.542 e. The molecule has 6 heteroatoms. The Morgan fingerprint density at radius 2 is 1.10 bits per heavy atom. The van der Waals surface area contributed by atoms with Crippen molar-refractivity contribution in [2.45, 2.75) is 20.9 Å². The van der Waals surface area contributed by atoms with Crippen molar-refractivity contribution in [2.75, 3.05) is 0 Å². The fourth-order valence-corrected chi connectivity index (χ4v) is 5.12. The Bertz CT molecular complexity index is 1030. The molecule has 0 atom stereocenters.